The molecule has 0 aliphatic carbocycles. The van der Waals surface area contributed by atoms with E-state index >= 15 is 0 Å². The van der Waals surface area contributed by atoms with E-state index < -0.39 is 0 Å². The van der Waals surface area contributed by atoms with Crippen LogP contribution in [-0.2, 0) is 6.42 Å². The summed E-state index contributed by atoms with van der Waals surface area (Å²) in [5.74, 6) is 2.42. The van der Waals surface area contributed by atoms with Crippen LogP contribution < -0.4 is 20.5 Å². The van der Waals surface area contributed by atoms with Gasteiger partial charge in [0.25, 0.3) is 0 Å². The Balaban J connectivity index is 1.85. The summed E-state index contributed by atoms with van der Waals surface area (Å²) in [5.41, 5.74) is 9.43. The van der Waals surface area contributed by atoms with Crippen molar-refractivity contribution in [1.82, 2.24) is 0 Å². The summed E-state index contributed by atoms with van der Waals surface area (Å²) < 4.78 is 10.6. The van der Waals surface area contributed by atoms with Crippen LogP contribution in [0.1, 0.15) is 37.3 Å². The molecule has 2 aromatic rings. The number of benzene rings is 2. The standard InChI is InChI=1S/C21H29N3O2/c1-15(2)17-8-5-9-18(14-17)24-21(22)23-12-6-7-16-10-11-19(25-3)20(13-16)26-4/h5,8-11,13-15H,6-7,12H2,1-4H3,(H3,22,23,24). The average molecular weight is 355 g/mol. The van der Waals surface area contributed by atoms with Gasteiger partial charge in [0.2, 0.25) is 0 Å². The fraction of sp³-hybridized carbons (Fsp3) is 0.381. The molecule has 0 unspecified atom stereocenters. The van der Waals surface area contributed by atoms with Crippen LogP contribution in [0, 0.1) is 0 Å². The van der Waals surface area contributed by atoms with Gasteiger partial charge in [-0.3, -0.25) is 4.99 Å². The molecular formula is C21H29N3O2. The average Bonchev–Trinajstić information content (AvgIpc) is 2.65. The fourth-order valence-corrected chi connectivity index (χ4v) is 2.68. The highest BCUT2D eigenvalue weighted by molar-refractivity contribution is 5.92. The molecule has 0 spiro atoms. The molecule has 0 aliphatic heterocycles. The van der Waals surface area contributed by atoms with Crippen molar-refractivity contribution in [3.8, 4) is 11.5 Å². The lowest BCUT2D eigenvalue weighted by Gasteiger charge is -2.10. The topological polar surface area (TPSA) is 68.9 Å². The SMILES string of the molecule is COc1ccc(CCCN=C(N)Nc2cccc(C(C)C)c2)cc1OC. The van der Waals surface area contributed by atoms with E-state index in [2.05, 4.69) is 36.3 Å². The Morgan fingerprint density at radius 2 is 1.85 bits per heavy atom. The van der Waals surface area contributed by atoms with E-state index in [1.807, 2.05) is 30.3 Å². The molecule has 2 rings (SSSR count). The molecule has 3 N–H and O–H groups in total. The summed E-state index contributed by atoms with van der Waals surface area (Å²) >= 11 is 0. The second-order valence-electron chi connectivity index (χ2n) is 6.47. The third-order valence-electron chi connectivity index (χ3n) is 4.18. The van der Waals surface area contributed by atoms with Crippen LogP contribution in [0.3, 0.4) is 0 Å². The van der Waals surface area contributed by atoms with Crippen LogP contribution in [0.4, 0.5) is 5.69 Å². The Morgan fingerprint density at radius 3 is 2.54 bits per heavy atom. The Morgan fingerprint density at radius 1 is 1.08 bits per heavy atom. The number of hydrogen-bond acceptors (Lipinski definition) is 3. The van der Waals surface area contributed by atoms with Gasteiger partial charge in [0.15, 0.2) is 17.5 Å². The van der Waals surface area contributed by atoms with Gasteiger partial charge in [0.05, 0.1) is 14.2 Å². The van der Waals surface area contributed by atoms with Crippen molar-refractivity contribution in [2.45, 2.75) is 32.6 Å². The lowest BCUT2D eigenvalue weighted by atomic mass is 10.0. The van der Waals surface area contributed by atoms with Gasteiger partial charge in [-0.25, -0.2) is 0 Å². The quantitative estimate of drug-likeness (QED) is 0.423. The smallest absolute Gasteiger partial charge is 0.193 e. The third-order valence-corrected chi connectivity index (χ3v) is 4.18. The number of aliphatic imine (C=N–C) groups is 1. The van der Waals surface area contributed by atoms with E-state index in [1.54, 1.807) is 14.2 Å². The minimum absolute atomic E-state index is 0.443. The molecule has 0 heterocycles. The van der Waals surface area contributed by atoms with E-state index in [1.165, 1.54) is 11.1 Å². The maximum absolute atomic E-state index is 6.00. The zero-order valence-corrected chi connectivity index (χ0v) is 16.1. The molecule has 0 aromatic heterocycles. The molecule has 0 atom stereocenters. The molecular weight excluding hydrogens is 326 g/mol. The van der Waals surface area contributed by atoms with Crippen molar-refractivity contribution in [2.24, 2.45) is 10.7 Å². The van der Waals surface area contributed by atoms with Gasteiger partial charge in [-0.2, -0.15) is 0 Å². The van der Waals surface area contributed by atoms with Crippen LogP contribution in [0.15, 0.2) is 47.5 Å². The lowest BCUT2D eigenvalue weighted by molar-refractivity contribution is 0.354. The van der Waals surface area contributed by atoms with Gasteiger partial charge < -0.3 is 20.5 Å². The molecule has 0 saturated heterocycles. The number of nitrogens with zero attached hydrogens (tertiary/aromatic N) is 1. The van der Waals surface area contributed by atoms with Crippen LogP contribution in [0.25, 0.3) is 0 Å². The second kappa shape index (κ2) is 9.70. The predicted molar refractivity (Wildman–Crippen MR) is 109 cm³/mol. The molecule has 26 heavy (non-hydrogen) atoms. The Kier molecular flexibility index (Phi) is 7.33. The Hall–Kier alpha value is -2.69. The van der Waals surface area contributed by atoms with Crippen molar-refractivity contribution in [3.63, 3.8) is 0 Å². The molecule has 5 heteroatoms. The number of anilines is 1. The van der Waals surface area contributed by atoms with Crippen LogP contribution in [-0.4, -0.2) is 26.7 Å². The number of hydrogen-bond donors (Lipinski definition) is 2. The first-order valence-electron chi connectivity index (χ1n) is 8.91. The van der Waals surface area contributed by atoms with Crippen LogP contribution >= 0.6 is 0 Å². The zero-order chi connectivity index (χ0) is 18.9. The third kappa shape index (κ3) is 5.69. The lowest BCUT2D eigenvalue weighted by Crippen LogP contribution is -2.23. The van der Waals surface area contributed by atoms with E-state index in [0.29, 0.717) is 18.4 Å². The minimum atomic E-state index is 0.443. The number of aryl methyl sites for hydroxylation is 1. The minimum Gasteiger partial charge on any atom is -0.493 e. The number of nitrogens with one attached hydrogen (secondary N) is 1. The van der Waals surface area contributed by atoms with Crippen LogP contribution in [0.5, 0.6) is 11.5 Å². The Labute approximate surface area is 156 Å². The summed E-state index contributed by atoms with van der Waals surface area (Å²) in [5, 5.41) is 3.16. The molecule has 140 valence electrons. The maximum Gasteiger partial charge on any atom is 0.193 e. The van der Waals surface area contributed by atoms with Crippen LogP contribution in [0.2, 0.25) is 0 Å². The highest BCUT2D eigenvalue weighted by atomic mass is 16.5. The molecule has 5 nitrogen and oxygen atoms in total. The fourth-order valence-electron chi connectivity index (χ4n) is 2.68. The van der Waals surface area contributed by atoms with E-state index in [0.717, 1.165) is 30.0 Å². The largest absolute Gasteiger partial charge is 0.493 e. The molecule has 2 aromatic carbocycles. The first-order chi connectivity index (χ1) is 12.5. The van der Waals surface area contributed by atoms with Gasteiger partial charge in [0.1, 0.15) is 0 Å². The molecule has 0 amide bonds. The van der Waals surface area contributed by atoms with Crippen molar-refractivity contribution in [2.75, 3.05) is 26.1 Å². The van der Waals surface area contributed by atoms with Crippen molar-refractivity contribution >= 4 is 11.6 Å². The maximum atomic E-state index is 6.00. The van der Waals surface area contributed by atoms with Crippen molar-refractivity contribution in [3.05, 3.63) is 53.6 Å². The van der Waals surface area contributed by atoms with Gasteiger partial charge >= 0.3 is 0 Å². The number of ether oxygens (including phenoxy) is 2. The summed E-state index contributed by atoms with van der Waals surface area (Å²) in [7, 11) is 3.28. The normalized spacial score (nSPS) is 11.5. The highest BCUT2D eigenvalue weighted by Crippen LogP contribution is 2.27. The van der Waals surface area contributed by atoms with Crippen molar-refractivity contribution in [1.29, 1.82) is 0 Å². The first-order valence-corrected chi connectivity index (χ1v) is 8.91. The van der Waals surface area contributed by atoms with E-state index in [9.17, 15) is 0 Å². The number of methoxy groups -OCH3 is 2. The number of guanidine groups is 1. The highest BCUT2D eigenvalue weighted by Gasteiger charge is 2.04. The monoisotopic (exact) mass is 355 g/mol. The summed E-state index contributed by atoms with van der Waals surface area (Å²) in [4.78, 5) is 4.41. The molecule has 0 saturated carbocycles. The van der Waals surface area contributed by atoms with Crippen molar-refractivity contribution < 1.29 is 9.47 Å². The van der Waals surface area contributed by atoms with Gasteiger partial charge in [0, 0.05) is 12.2 Å². The van der Waals surface area contributed by atoms with Gasteiger partial charge in [-0.1, -0.05) is 32.0 Å². The van der Waals surface area contributed by atoms with Gasteiger partial charge in [-0.05, 0) is 54.2 Å². The summed E-state index contributed by atoms with van der Waals surface area (Å²) in [6.07, 6.45) is 1.81. The first kappa shape index (κ1) is 19.6. The second-order valence-corrected chi connectivity index (χ2v) is 6.47. The summed E-state index contributed by atoms with van der Waals surface area (Å²) in [6.45, 7) is 5.01. The molecule has 0 fully saturated rings. The number of rotatable bonds is 8. The molecule has 0 aliphatic rings. The van der Waals surface area contributed by atoms with E-state index in [4.69, 9.17) is 15.2 Å². The number of nitrogens with two attached hydrogens (primary N) is 1. The predicted octanol–water partition coefficient (Wildman–Crippen LogP) is 4.19. The Bertz CT molecular complexity index is 742. The molecule has 0 bridgehead atoms. The van der Waals surface area contributed by atoms with Gasteiger partial charge in [-0.15, -0.1) is 0 Å². The summed E-state index contributed by atoms with van der Waals surface area (Å²) in [6, 6.07) is 14.2. The zero-order valence-electron chi connectivity index (χ0n) is 16.1. The molecule has 0 radical (unpaired) electrons. The van der Waals surface area contributed by atoms with E-state index in [-0.39, 0.29) is 0 Å².